The summed E-state index contributed by atoms with van der Waals surface area (Å²) < 4.78 is 12.5. The van der Waals surface area contributed by atoms with Crippen molar-refractivity contribution in [3.05, 3.63) is 55.9 Å². The molecule has 2 amide bonds. The summed E-state index contributed by atoms with van der Waals surface area (Å²) in [6.07, 6.45) is 0. The number of benzene rings is 2. The minimum atomic E-state index is -0.516. The molecule has 0 aliphatic heterocycles. The highest BCUT2D eigenvalue weighted by atomic mass is 79.9. The van der Waals surface area contributed by atoms with E-state index in [4.69, 9.17) is 33.3 Å². The summed E-state index contributed by atoms with van der Waals surface area (Å²) in [7, 11) is 0. The van der Waals surface area contributed by atoms with E-state index in [-0.39, 0.29) is 18.3 Å². The lowest BCUT2D eigenvalue weighted by molar-refractivity contribution is -0.124. The van der Waals surface area contributed by atoms with Crippen LogP contribution in [0.2, 0.25) is 5.02 Å². The third-order valence-corrected chi connectivity index (χ3v) is 4.80. The van der Waals surface area contributed by atoms with Crippen molar-refractivity contribution in [3.63, 3.8) is 0 Å². The first-order valence-corrected chi connectivity index (χ1v) is 10.5. The van der Waals surface area contributed by atoms with Gasteiger partial charge in [-0.15, -0.1) is 0 Å². The maximum Gasteiger partial charge on any atom is 0.276 e. The van der Waals surface area contributed by atoms with Crippen molar-refractivity contribution in [2.75, 3.05) is 13.2 Å². The lowest BCUT2D eigenvalue weighted by Crippen LogP contribution is -2.50. The van der Waals surface area contributed by atoms with Crippen LogP contribution in [0.25, 0.3) is 0 Å². The van der Waals surface area contributed by atoms with Crippen LogP contribution in [-0.4, -0.2) is 30.1 Å². The van der Waals surface area contributed by atoms with E-state index in [0.29, 0.717) is 16.5 Å². The van der Waals surface area contributed by atoms with Crippen molar-refractivity contribution >= 4 is 72.6 Å². The minimum Gasteiger partial charge on any atom is -0.483 e. The number of hydrogen-bond acceptors (Lipinski definition) is 5. The average molecular weight is 566 g/mol. The van der Waals surface area contributed by atoms with Gasteiger partial charge in [0.05, 0.1) is 5.02 Å². The lowest BCUT2D eigenvalue weighted by atomic mass is 10.2. The number of carbonyl (C=O) groups excluding carboxylic acids is 2. The standard InChI is InChI=1S/C18H16Br2ClN3O4S/c1-10-6-11(19)2-4-14(10)27-9-17(26)23-24-18(29)22-16(25)8-28-15-5-3-12(20)7-13(15)21/h2-7H,8-9H2,1H3,(H,23,26)(H2,22,24,25,29). The normalized spacial score (nSPS) is 10.1. The van der Waals surface area contributed by atoms with Gasteiger partial charge in [-0.2, -0.15) is 0 Å². The van der Waals surface area contributed by atoms with E-state index in [1.165, 1.54) is 0 Å². The Morgan fingerprint density at radius 2 is 1.55 bits per heavy atom. The molecule has 2 aromatic rings. The van der Waals surface area contributed by atoms with Crippen LogP contribution in [0.1, 0.15) is 5.56 Å². The second-order valence-electron chi connectivity index (χ2n) is 5.61. The van der Waals surface area contributed by atoms with Crippen LogP contribution in [0.15, 0.2) is 45.3 Å². The molecular weight excluding hydrogens is 550 g/mol. The number of thiocarbonyl (C=S) groups is 1. The molecule has 0 radical (unpaired) electrons. The number of hydrazine groups is 1. The molecule has 0 saturated carbocycles. The predicted molar refractivity (Wildman–Crippen MR) is 121 cm³/mol. The smallest absolute Gasteiger partial charge is 0.276 e. The van der Waals surface area contributed by atoms with Crippen molar-refractivity contribution in [1.29, 1.82) is 0 Å². The largest absolute Gasteiger partial charge is 0.483 e. The van der Waals surface area contributed by atoms with Gasteiger partial charge in [0.25, 0.3) is 11.8 Å². The Morgan fingerprint density at radius 3 is 2.21 bits per heavy atom. The van der Waals surface area contributed by atoms with Crippen molar-refractivity contribution in [2.24, 2.45) is 0 Å². The van der Waals surface area contributed by atoms with Gasteiger partial charge in [0, 0.05) is 8.95 Å². The van der Waals surface area contributed by atoms with Crippen molar-refractivity contribution in [2.45, 2.75) is 6.92 Å². The number of carbonyl (C=O) groups is 2. The summed E-state index contributed by atoms with van der Waals surface area (Å²) in [5, 5.41) is 2.64. The van der Waals surface area contributed by atoms with E-state index in [1.54, 1.807) is 24.3 Å². The highest BCUT2D eigenvalue weighted by molar-refractivity contribution is 9.10. The molecule has 3 N–H and O–H groups in total. The summed E-state index contributed by atoms with van der Waals surface area (Å²) in [5.41, 5.74) is 5.63. The summed E-state index contributed by atoms with van der Waals surface area (Å²) in [6, 6.07) is 10.5. The van der Waals surface area contributed by atoms with Gasteiger partial charge < -0.3 is 9.47 Å². The van der Waals surface area contributed by atoms with Crippen LogP contribution in [0.3, 0.4) is 0 Å². The third-order valence-electron chi connectivity index (χ3n) is 3.32. The van der Waals surface area contributed by atoms with Crippen molar-refractivity contribution in [1.82, 2.24) is 16.2 Å². The molecule has 7 nitrogen and oxygen atoms in total. The Bertz CT molecular complexity index is 930. The van der Waals surface area contributed by atoms with Crippen molar-refractivity contribution < 1.29 is 19.1 Å². The molecule has 0 bridgehead atoms. The summed E-state index contributed by atoms with van der Waals surface area (Å²) in [6.45, 7) is 1.34. The van der Waals surface area contributed by atoms with E-state index < -0.39 is 11.8 Å². The van der Waals surface area contributed by atoms with Gasteiger partial charge in [0.1, 0.15) is 11.5 Å². The molecule has 0 aliphatic carbocycles. The monoisotopic (exact) mass is 563 g/mol. The van der Waals surface area contributed by atoms with Crippen LogP contribution in [0.5, 0.6) is 11.5 Å². The molecule has 0 aromatic heterocycles. The van der Waals surface area contributed by atoms with Gasteiger partial charge in [-0.25, -0.2) is 0 Å². The SMILES string of the molecule is Cc1cc(Br)ccc1OCC(=O)NNC(=S)NC(=O)COc1ccc(Br)cc1Cl. The highest BCUT2D eigenvalue weighted by Crippen LogP contribution is 2.27. The summed E-state index contributed by atoms with van der Waals surface area (Å²) in [5.74, 6) is -0.0418. The fourth-order valence-corrected chi connectivity index (χ4v) is 3.38. The zero-order valence-corrected chi connectivity index (χ0v) is 19.8. The van der Waals surface area contributed by atoms with Gasteiger partial charge in [0.15, 0.2) is 18.3 Å². The van der Waals surface area contributed by atoms with Crippen LogP contribution in [0, 0.1) is 6.92 Å². The predicted octanol–water partition coefficient (Wildman–Crippen LogP) is 3.65. The number of nitrogens with one attached hydrogen (secondary N) is 3. The average Bonchev–Trinajstić information content (AvgIpc) is 2.65. The van der Waals surface area contributed by atoms with Gasteiger partial charge in [-0.3, -0.25) is 25.8 Å². The first kappa shape index (κ1) is 23.4. The van der Waals surface area contributed by atoms with E-state index in [9.17, 15) is 9.59 Å². The van der Waals surface area contributed by atoms with Gasteiger partial charge in [-0.05, 0) is 61.1 Å². The van der Waals surface area contributed by atoms with Crippen LogP contribution in [-0.2, 0) is 9.59 Å². The molecule has 0 saturated heterocycles. The topological polar surface area (TPSA) is 88.7 Å². The number of ether oxygens (including phenoxy) is 2. The number of rotatable bonds is 6. The van der Waals surface area contributed by atoms with Crippen LogP contribution < -0.4 is 25.6 Å². The Kier molecular flexibility index (Phi) is 9.15. The van der Waals surface area contributed by atoms with Crippen molar-refractivity contribution in [3.8, 4) is 11.5 Å². The number of hydrogen-bond donors (Lipinski definition) is 3. The van der Waals surface area contributed by atoms with E-state index in [1.807, 2.05) is 19.1 Å². The zero-order valence-electron chi connectivity index (χ0n) is 15.1. The quantitative estimate of drug-likeness (QED) is 0.366. The first-order chi connectivity index (χ1) is 13.7. The first-order valence-electron chi connectivity index (χ1n) is 8.10. The van der Waals surface area contributed by atoms with Gasteiger partial charge in [0.2, 0.25) is 0 Å². The zero-order chi connectivity index (χ0) is 21.4. The molecule has 0 fully saturated rings. The Morgan fingerprint density at radius 1 is 0.966 bits per heavy atom. The molecule has 29 heavy (non-hydrogen) atoms. The second-order valence-corrected chi connectivity index (χ2v) is 8.26. The molecule has 11 heteroatoms. The molecule has 0 unspecified atom stereocenters. The molecule has 0 spiro atoms. The molecule has 0 atom stereocenters. The van der Waals surface area contributed by atoms with E-state index >= 15 is 0 Å². The Balaban J connectivity index is 1.68. The summed E-state index contributed by atoms with van der Waals surface area (Å²) in [4.78, 5) is 23.7. The van der Waals surface area contributed by atoms with Crippen LogP contribution in [0.4, 0.5) is 0 Å². The van der Waals surface area contributed by atoms with Gasteiger partial charge >= 0.3 is 0 Å². The fraction of sp³-hybridized carbons (Fsp3) is 0.167. The molecular formula is C18H16Br2ClN3O4S. The van der Waals surface area contributed by atoms with E-state index in [2.05, 4.69) is 48.0 Å². The molecule has 154 valence electrons. The van der Waals surface area contributed by atoms with E-state index in [0.717, 1.165) is 14.5 Å². The maximum absolute atomic E-state index is 11.9. The number of halogens is 3. The lowest BCUT2D eigenvalue weighted by Gasteiger charge is -2.13. The van der Waals surface area contributed by atoms with Crippen LogP contribution >= 0.6 is 55.7 Å². The molecule has 2 rings (SSSR count). The third kappa shape index (κ3) is 8.17. The maximum atomic E-state index is 11.9. The number of aryl methyl sites for hydroxylation is 1. The Hall–Kier alpha value is -1.88. The molecule has 0 aliphatic rings. The molecule has 0 heterocycles. The second kappa shape index (κ2) is 11.3. The number of amides is 2. The highest BCUT2D eigenvalue weighted by Gasteiger charge is 2.10. The van der Waals surface area contributed by atoms with Gasteiger partial charge in [-0.1, -0.05) is 43.5 Å². The fourth-order valence-electron chi connectivity index (χ4n) is 2.01. The summed E-state index contributed by atoms with van der Waals surface area (Å²) >= 11 is 17.6. The molecule has 2 aromatic carbocycles. The Labute approximate surface area is 194 Å². The minimum absolute atomic E-state index is 0.0892.